The van der Waals surface area contributed by atoms with E-state index in [2.05, 4.69) is 5.10 Å². The van der Waals surface area contributed by atoms with Crippen LogP contribution < -0.4 is 10.6 Å². The lowest BCUT2D eigenvalue weighted by Crippen LogP contribution is -2.27. The number of nitrogens with zero attached hydrogens (tertiary/aromatic N) is 2. The first kappa shape index (κ1) is 11.1. The summed E-state index contributed by atoms with van der Waals surface area (Å²) in [6.07, 6.45) is 3.40. The fourth-order valence-corrected chi connectivity index (χ4v) is 1.57. The number of esters is 1. The van der Waals surface area contributed by atoms with Gasteiger partial charge >= 0.3 is 5.97 Å². The molecule has 88 valence electrons. The van der Waals surface area contributed by atoms with Crippen LogP contribution in [0.5, 0.6) is 0 Å². The highest BCUT2D eigenvalue weighted by atomic mass is 16.5. The lowest BCUT2D eigenvalue weighted by molar-refractivity contribution is 0.0528. The zero-order valence-corrected chi connectivity index (χ0v) is 9.08. The SMILES string of the molecule is CCOC(=O)c1cnn2ccc(=O)c(=CO)c12. The zero-order chi connectivity index (χ0) is 12.4. The molecule has 0 saturated carbocycles. The van der Waals surface area contributed by atoms with Crippen LogP contribution in [-0.2, 0) is 4.74 Å². The van der Waals surface area contributed by atoms with Crippen LogP contribution in [-0.4, -0.2) is 27.3 Å². The van der Waals surface area contributed by atoms with Gasteiger partial charge < -0.3 is 9.84 Å². The average Bonchev–Trinajstić information content (AvgIpc) is 2.73. The normalized spacial score (nSPS) is 11.9. The number of hydrogen-bond acceptors (Lipinski definition) is 5. The highest BCUT2D eigenvalue weighted by Crippen LogP contribution is 2.06. The molecule has 6 heteroatoms. The van der Waals surface area contributed by atoms with Crippen molar-refractivity contribution in [3.63, 3.8) is 0 Å². The van der Waals surface area contributed by atoms with Crippen molar-refractivity contribution >= 4 is 17.7 Å². The van der Waals surface area contributed by atoms with Crippen LogP contribution in [0.3, 0.4) is 0 Å². The van der Waals surface area contributed by atoms with E-state index in [4.69, 9.17) is 9.84 Å². The van der Waals surface area contributed by atoms with Crippen LogP contribution >= 0.6 is 0 Å². The van der Waals surface area contributed by atoms with Crippen molar-refractivity contribution in [3.05, 3.63) is 39.5 Å². The molecule has 0 bridgehead atoms. The van der Waals surface area contributed by atoms with Crippen LogP contribution in [0.2, 0.25) is 0 Å². The van der Waals surface area contributed by atoms with Crippen LogP contribution in [0.25, 0.3) is 11.8 Å². The number of aromatic nitrogens is 2. The number of aliphatic hydroxyl groups is 1. The predicted octanol–water partition coefficient (Wildman–Crippen LogP) is -0.114. The first-order valence-electron chi connectivity index (χ1n) is 5.01. The maximum Gasteiger partial charge on any atom is 0.342 e. The van der Waals surface area contributed by atoms with Crippen LogP contribution in [0.1, 0.15) is 17.3 Å². The summed E-state index contributed by atoms with van der Waals surface area (Å²) in [5, 5.41) is 13.0. The molecular weight excluding hydrogens is 224 g/mol. The van der Waals surface area contributed by atoms with Gasteiger partial charge in [0.15, 0.2) is 5.43 Å². The summed E-state index contributed by atoms with van der Waals surface area (Å²) >= 11 is 0. The Bertz CT molecular complexity index is 675. The fourth-order valence-electron chi connectivity index (χ4n) is 1.57. The van der Waals surface area contributed by atoms with Crippen molar-refractivity contribution in [1.82, 2.24) is 9.61 Å². The van der Waals surface area contributed by atoms with E-state index in [1.54, 1.807) is 6.92 Å². The number of ether oxygens (including phenoxy) is 1. The molecule has 17 heavy (non-hydrogen) atoms. The van der Waals surface area contributed by atoms with E-state index in [-0.39, 0.29) is 28.3 Å². The quantitative estimate of drug-likeness (QED) is 0.733. The van der Waals surface area contributed by atoms with Gasteiger partial charge in [-0.25, -0.2) is 9.31 Å². The molecule has 2 aromatic heterocycles. The van der Waals surface area contributed by atoms with Gasteiger partial charge in [-0.3, -0.25) is 4.79 Å². The Morgan fingerprint density at radius 1 is 1.65 bits per heavy atom. The topological polar surface area (TPSA) is 80.9 Å². The molecule has 2 rings (SSSR count). The lowest BCUT2D eigenvalue weighted by atomic mass is 10.2. The number of pyridine rings is 1. The van der Waals surface area contributed by atoms with Crippen molar-refractivity contribution in [3.8, 4) is 0 Å². The van der Waals surface area contributed by atoms with Crippen LogP contribution in [0.4, 0.5) is 0 Å². The second-order valence-electron chi connectivity index (χ2n) is 3.29. The van der Waals surface area contributed by atoms with Crippen LogP contribution in [0.15, 0.2) is 23.3 Å². The minimum atomic E-state index is -0.573. The van der Waals surface area contributed by atoms with Gasteiger partial charge in [0.25, 0.3) is 0 Å². The number of hydrogen-bond donors (Lipinski definition) is 1. The smallest absolute Gasteiger partial charge is 0.342 e. The minimum absolute atomic E-state index is 0.0213. The summed E-state index contributed by atoms with van der Waals surface area (Å²) in [6.45, 7) is 1.91. The van der Waals surface area contributed by atoms with Crippen molar-refractivity contribution in [2.75, 3.05) is 6.61 Å². The van der Waals surface area contributed by atoms with E-state index >= 15 is 0 Å². The zero-order valence-electron chi connectivity index (χ0n) is 9.08. The summed E-state index contributed by atoms with van der Waals surface area (Å²) in [7, 11) is 0. The number of fused-ring (bicyclic) bond motifs is 1. The molecule has 0 spiro atoms. The van der Waals surface area contributed by atoms with E-state index in [1.807, 2.05) is 0 Å². The summed E-state index contributed by atoms with van der Waals surface area (Å²) < 4.78 is 6.19. The van der Waals surface area contributed by atoms with Gasteiger partial charge in [0.05, 0.1) is 29.8 Å². The molecule has 0 amide bonds. The fraction of sp³-hybridized carbons (Fsp3) is 0.182. The van der Waals surface area contributed by atoms with Gasteiger partial charge in [0.2, 0.25) is 0 Å². The second kappa shape index (κ2) is 4.25. The molecule has 2 aromatic rings. The molecule has 0 aliphatic carbocycles. The van der Waals surface area contributed by atoms with E-state index in [0.717, 1.165) is 0 Å². The number of rotatable bonds is 2. The molecule has 0 aromatic carbocycles. The highest BCUT2D eigenvalue weighted by molar-refractivity contribution is 5.96. The largest absolute Gasteiger partial charge is 0.515 e. The van der Waals surface area contributed by atoms with Crippen molar-refractivity contribution in [1.29, 1.82) is 0 Å². The monoisotopic (exact) mass is 234 g/mol. The third-order valence-corrected chi connectivity index (χ3v) is 2.31. The van der Waals surface area contributed by atoms with E-state index < -0.39 is 5.97 Å². The molecule has 6 nitrogen and oxygen atoms in total. The van der Waals surface area contributed by atoms with Crippen molar-refractivity contribution < 1.29 is 14.6 Å². The Morgan fingerprint density at radius 2 is 2.41 bits per heavy atom. The molecule has 2 heterocycles. The third-order valence-electron chi connectivity index (χ3n) is 2.31. The second-order valence-corrected chi connectivity index (χ2v) is 3.29. The van der Waals surface area contributed by atoms with E-state index in [1.165, 1.54) is 23.0 Å². The Hall–Kier alpha value is -2.37. The van der Waals surface area contributed by atoms with Gasteiger partial charge in [0.1, 0.15) is 5.56 Å². The maximum atomic E-state index is 11.6. The highest BCUT2D eigenvalue weighted by Gasteiger charge is 2.15. The maximum absolute atomic E-state index is 11.6. The molecule has 0 aliphatic heterocycles. The Kier molecular flexibility index (Phi) is 2.78. The summed E-state index contributed by atoms with van der Waals surface area (Å²) in [5.74, 6) is -0.573. The molecule has 1 N–H and O–H groups in total. The van der Waals surface area contributed by atoms with Crippen molar-refractivity contribution in [2.24, 2.45) is 0 Å². The first-order chi connectivity index (χ1) is 8.19. The van der Waals surface area contributed by atoms with E-state index in [0.29, 0.717) is 6.26 Å². The Balaban J connectivity index is 2.79. The summed E-state index contributed by atoms with van der Waals surface area (Å²) in [4.78, 5) is 23.1. The number of carbonyl (C=O) groups excluding carboxylic acids is 1. The molecule has 0 unspecified atom stereocenters. The number of aliphatic hydroxyl groups excluding tert-OH is 1. The third kappa shape index (κ3) is 1.73. The standard InChI is InChI=1S/C11H10N2O4/c1-2-17-11(16)7-5-12-13-4-3-9(15)8(6-14)10(7)13/h3-6,14H,2H2,1H3. The molecule has 0 radical (unpaired) electrons. The van der Waals surface area contributed by atoms with Crippen molar-refractivity contribution in [2.45, 2.75) is 6.92 Å². The molecule has 0 aliphatic rings. The number of carbonyl (C=O) groups is 1. The van der Waals surface area contributed by atoms with E-state index in [9.17, 15) is 9.59 Å². The van der Waals surface area contributed by atoms with Crippen LogP contribution in [0, 0.1) is 0 Å². The summed E-state index contributed by atoms with van der Waals surface area (Å²) in [5.41, 5.74) is 0.0225. The summed E-state index contributed by atoms with van der Waals surface area (Å²) in [6, 6.07) is 1.26. The van der Waals surface area contributed by atoms with Gasteiger partial charge in [-0.15, -0.1) is 0 Å². The molecule has 0 saturated heterocycles. The van der Waals surface area contributed by atoms with Gasteiger partial charge in [-0.1, -0.05) is 0 Å². The Morgan fingerprint density at radius 3 is 3.06 bits per heavy atom. The van der Waals surface area contributed by atoms with Gasteiger partial charge in [0, 0.05) is 12.3 Å². The molecular formula is C11H10N2O4. The molecule has 0 atom stereocenters. The van der Waals surface area contributed by atoms with Gasteiger partial charge in [-0.05, 0) is 6.92 Å². The molecule has 0 fully saturated rings. The van der Waals surface area contributed by atoms with Gasteiger partial charge in [-0.2, -0.15) is 5.10 Å². The minimum Gasteiger partial charge on any atom is -0.515 e. The average molecular weight is 234 g/mol. The predicted molar refractivity (Wildman–Crippen MR) is 59.7 cm³/mol. The first-order valence-corrected chi connectivity index (χ1v) is 5.01. The Labute approximate surface area is 95.7 Å². The lowest BCUT2D eigenvalue weighted by Gasteiger charge is -1.99.